The van der Waals surface area contributed by atoms with Gasteiger partial charge in [0.2, 0.25) is 0 Å². The Morgan fingerprint density at radius 1 is 1.53 bits per heavy atom. The van der Waals surface area contributed by atoms with Gasteiger partial charge in [0.1, 0.15) is 0 Å². The van der Waals surface area contributed by atoms with Crippen molar-refractivity contribution in [2.75, 3.05) is 6.54 Å². The van der Waals surface area contributed by atoms with Crippen LogP contribution in [0.25, 0.3) is 0 Å². The van der Waals surface area contributed by atoms with E-state index in [9.17, 15) is 0 Å². The molecule has 80 valence electrons. The summed E-state index contributed by atoms with van der Waals surface area (Å²) < 4.78 is 0. The first kappa shape index (κ1) is 10.7. The minimum Gasteiger partial charge on any atom is -0.299 e. The molecule has 0 aromatic carbocycles. The summed E-state index contributed by atoms with van der Waals surface area (Å²) in [6.07, 6.45) is 3.93. The van der Waals surface area contributed by atoms with Crippen LogP contribution in [0.1, 0.15) is 41.6 Å². The topological polar surface area (TPSA) is 12.0 Å². The molecule has 1 aliphatic rings. The van der Waals surface area contributed by atoms with Gasteiger partial charge in [-0.1, -0.05) is 5.92 Å². The van der Waals surface area contributed by atoms with Gasteiger partial charge in [-0.3, -0.25) is 5.32 Å². The summed E-state index contributed by atoms with van der Waals surface area (Å²) in [6.45, 7) is 4.89. The molecule has 2 heteroatoms. The van der Waals surface area contributed by atoms with E-state index in [-0.39, 0.29) is 0 Å². The first-order chi connectivity index (χ1) is 7.31. The molecule has 0 saturated heterocycles. The fourth-order valence-electron chi connectivity index (χ4n) is 1.96. The lowest BCUT2D eigenvalue weighted by molar-refractivity contribution is 0.633. The van der Waals surface area contributed by atoms with E-state index in [1.54, 1.807) is 10.4 Å². The van der Waals surface area contributed by atoms with Crippen molar-refractivity contribution >= 4 is 11.3 Å². The van der Waals surface area contributed by atoms with Gasteiger partial charge in [0.05, 0.1) is 6.54 Å². The molecule has 15 heavy (non-hydrogen) atoms. The number of fused-ring (bicyclic) bond motifs is 1. The number of aryl methyl sites for hydroxylation is 2. The van der Waals surface area contributed by atoms with Gasteiger partial charge in [-0.15, -0.1) is 17.3 Å². The molecule has 1 aromatic rings. The Labute approximate surface area is 95.9 Å². The quantitative estimate of drug-likeness (QED) is 0.771. The zero-order valence-corrected chi connectivity index (χ0v) is 10.2. The second-order valence-electron chi connectivity index (χ2n) is 3.98. The lowest BCUT2D eigenvalue weighted by Crippen LogP contribution is -2.17. The monoisotopic (exact) mass is 219 g/mol. The summed E-state index contributed by atoms with van der Waals surface area (Å²) in [5, 5.41) is 3.43. The SMILES string of the molecule is CC#CCNC(C)c1cc2c(s1)CCC2. The summed E-state index contributed by atoms with van der Waals surface area (Å²) in [5.41, 5.74) is 1.59. The predicted molar refractivity (Wildman–Crippen MR) is 66.2 cm³/mol. The third-order valence-corrected chi connectivity index (χ3v) is 4.29. The molecule has 1 atom stereocenters. The average Bonchev–Trinajstić information content (AvgIpc) is 2.76. The van der Waals surface area contributed by atoms with Crippen LogP contribution in [0.15, 0.2) is 6.07 Å². The summed E-state index contributed by atoms with van der Waals surface area (Å²) in [5.74, 6) is 5.95. The van der Waals surface area contributed by atoms with Crippen LogP contribution in [0.5, 0.6) is 0 Å². The molecule has 0 fully saturated rings. The summed E-state index contributed by atoms with van der Waals surface area (Å²) >= 11 is 1.98. The van der Waals surface area contributed by atoms with Crippen LogP contribution in [0.3, 0.4) is 0 Å². The molecule has 0 radical (unpaired) electrons. The highest BCUT2D eigenvalue weighted by Gasteiger charge is 2.17. The molecule has 1 unspecified atom stereocenters. The number of thiophene rings is 1. The van der Waals surface area contributed by atoms with Crippen LogP contribution in [0.4, 0.5) is 0 Å². The smallest absolute Gasteiger partial charge is 0.0581 e. The van der Waals surface area contributed by atoms with Crippen molar-refractivity contribution in [3.8, 4) is 11.8 Å². The zero-order valence-electron chi connectivity index (χ0n) is 9.39. The Morgan fingerprint density at radius 2 is 2.40 bits per heavy atom. The molecule has 0 aliphatic heterocycles. The van der Waals surface area contributed by atoms with Crippen LogP contribution in [0, 0.1) is 11.8 Å². The van der Waals surface area contributed by atoms with E-state index >= 15 is 0 Å². The van der Waals surface area contributed by atoms with E-state index < -0.39 is 0 Å². The van der Waals surface area contributed by atoms with Gasteiger partial charge in [0, 0.05) is 15.8 Å². The zero-order chi connectivity index (χ0) is 10.7. The highest BCUT2D eigenvalue weighted by molar-refractivity contribution is 7.12. The van der Waals surface area contributed by atoms with Crippen LogP contribution in [-0.4, -0.2) is 6.54 Å². The minimum absolute atomic E-state index is 0.446. The summed E-state index contributed by atoms with van der Waals surface area (Å²) in [6, 6.07) is 2.82. The van der Waals surface area contributed by atoms with Gasteiger partial charge in [-0.25, -0.2) is 0 Å². The maximum absolute atomic E-state index is 3.43. The van der Waals surface area contributed by atoms with Crippen molar-refractivity contribution in [3.05, 3.63) is 21.4 Å². The maximum atomic E-state index is 3.43. The van der Waals surface area contributed by atoms with Gasteiger partial charge < -0.3 is 0 Å². The molecule has 1 N–H and O–H groups in total. The molecule has 0 spiro atoms. The van der Waals surface area contributed by atoms with E-state index in [0.29, 0.717) is 6.04 Å². The maximum Gasteiger partial charge on any atom is 0.0581 e. The first-order valence-electron chi connectivity index (χ1n) is 5.55. The van der Waals surface area contributed by atoms with Crippen LogP contribution in [0.2, 0.25) is 0 Å². The number of rotatable bonds is 3. The molecule has 1 nitrogen and oxygen atoms in total. The average molecular weight is 219 g/mol. The lowest BCUT2D eigenvalue weighted by Gasteiger charge is -2.08. The Bertz CT molecular complexity index is 373. The van der Waals surface area contributed by atoms with Crippen molar-refractivity contribution in [2.24, 2.45) is 0 Å². The van der Waals surface area contributed by atoms with E-state index in [2.05, 4.69) is 30.1 Å². The number of hydrogen-bond acceptors (Lipinski definition) is 2. The Kier molecular flexibility index (Phi) is 3.45. The van der Waals surface area contributed by atoms with Crippen LogP contribution in [-0.2, 0) is 12.8 Å². The van der Waals surface area contributed by atoms with Crippen molar-refractivity contribution < 1.29 is 0 Å². The molecule has 0 bridgehead atoms. The molecule has 2 rings (SSSR count). The van der Waals surface area contributed by atoms with Crippen molar-refractivity contribution in [1.29, 1.82) is 0 Å². The molecule has 0 amide bonds. The Balaban J connectivity index is 1.98. The van der Waals surface area contributed by atoms with Crippen molar-refractivity contribution in [3.63, 3.8) is 0 Å². The Hall–Kier alpha value is -0.780. The third-order valence-electron chi connectivity index (χ3n) is 2.87. The fraction of sp³-hybridized carbons (Fsp3) is 0.538. The third kappa shape index (κ3) is 2.42. The molecular weight excluding hydrogens is 202 g/mol. The predicted octanol–water partition coefficient (Wildman–Crippen LogP) is 2.91. The summed E-state index contributed by atoms with van der Waals surface area (Å²) in [4.78, 5) is 3.08. The largest absolute Gasteiger partial charge is 0.299 e. The lowest BCUT2D eigenvalue weighted by atomic mass is 10.2. The molecule has 1 aromatic heterocycles. The number of nitrogens with one attached hydrogen (secondary N) is 1. The van der Waals surface area contributed by atoms with E-state index in [4.69, 9.17) is 0 Å². The van der Waals surface area contributed by atoms with E-state index in [1.807, 2.05) is 18.3 Å². The second kappa shape index (κ2) is 4.83. The van der Waals surface area contributed by atoms with E-state index in [0.717, 1.165) is 6.54 Å². The normalized spacial score (nSPS) is 15.6. The highest BCUT2D eigenvalue weighted by atomic mass is 32.1. The summed E-state index contributed by atoms with van der Waals surface area (Å²) in [7, 11) is 0. The van der Waals surface area contributed by atoms with Crippen molar-refractivity contribution in [2.45, 2.75) is 39.2 Å². The van der Waals surface area contributed by atoms with E-state index in [1.165, 1.54) is 24.1 Å². The molecule has 0 saturated carbocycles. The molecule has 1 aliphatic carbocycles. The van der Waals surface area contributed by atoms with Gasteiger partial charge >= 0.3 is 0 Å². The van der Waals surface area contributed by atoms with Crippen molar-refractivity contribution in [1.82, 2.24) is 5.32 Å². The van der Waals surface area contributed by atoms with Gasteiger partial charge in [0.25, 0.3) is 0 Å². The van der Waals surface area contributed by atoms with Crippen LogP contribution >= 0.6 is 11.3 Å². The van der Waals surface area contributed by atoms with Crippen LogP contribution < -0.4 is 5.32 Å². The fourth-order valence-corrected chi connectivity index (χ4v) is 3.24. The minimum atomic E-state index is 0.446. The molecule has 1 heterocycles. The highest BCUT2D eigenvalue weighted by Crippen LogP contribution is 2.33. The standard InChI is InChI=1S/C13H17NS/c1-3-4-8-14-10(2)13-9-11-6-5-7-12(11)15-13/h9-10,14H,5-8H2,1-2H3. The Morgan fingerprint density at radius 3 is 3.13 bits per heavy atom. The van der Waals surface area contributed by atoms with Gasteiger partial charge in [0.15, 0.2) is 0 Å². The number of hydrogen-bond donors (Lipinski definition) is 1. The second-order valence-corrected chi connectivity index (χ2v) is 5.15. The van der Waals surface area contributed by atoms with Gasteiger partial charge in [-0.05, 0) is 44.7 Å². The first-order valence-corrected chi connectivity index (χ1v) is 6.37. The van der Waals surface area contributed by atoms with Gasteiger partial charge in [-0.2, -0.15) is 0 Å². The molecular formula is C13H17NS.